The molecule has 1 amide bonds. The number of carbonyl (C=O) groups excluding carboxylic acids is 1. The second-order valence-corrected chi connectivity index (χ2v) is 6.44. The highest BCUT2D eigenvalue weighted by Gasteiger charge is 2.12. The fourth-order valence-electron chi connectivity index (χ4n) is 1.90. The normalized spacial score (nSPS) is 11.0. The number of amides is 1. The van der Waals surface area contributed by atoms with E-state index < -0.39 is 0 Å². The van der Waals surface area contributed by atoms with Crippen LogP contribution < -0.4 is 5.32 Å². The van der Waals surface area contributed by atoms with Gasteiger partial charge in [-0.1, -0.05) is 40.6 Å². The fraction of sp³-hybridized carbons (Fsp3) is 0.231. The number of aryl methyl sites for hydroxylation is 2. The fourth-order valence-corrected chi connectivity index (χ4v) is 3.27. The first kappa shape index (κ1) is 15.2. The van der Waals surface area contributed by atoms with Crippen molar-refractivity contribution in [1.82, 2.24) is 19.8 Å². The lowest BCUT2D eigenvalue weighted by atomic mass is 10.2. The molecule has 2 aromatic heterocycles. The van der Waals surface area contributed by atoms with Crippen LogP contribution in [0.15, 0.2) is 18.2 Å². The number of hydrogen-bond donors (Lipinski definition) is 1. The molecule has 0 radical (unpaired) electrons. The molecule has 6 nitrogen and oxygen atoms in total. The Balaban J connectivity index is 1.64. The Morgan fingerprint density at radius 2 is 2.05 bits per heavy atom. The quantitative estimate of drug-likeness (QED) is 0.778. The molecule has 0 spiro atoms. The van der Waals surface area contributed by atoms with Crippen LogP contribution in [0, 0.1) is 6.92 Å². The number of carbonyl (C=O) groups is 1. The number of nitrogens with zero attached hydrogens (tertiary/aromatic N) is 4. The monoisotopic (exact) mass is 355 g/mol. The molecule has 2 heterocycles. The second kappa shape index (κ2) is 6.20. The maximum atomic E-state index is 12.0. The Morgan fingerprint density at radius 3 is 2.73 bits per heavy atom. The summed E-state index contributed by atoms with van der Waals surface area (Å²) >= 11 is 13.5. The van der Waals surface area contributed by atoms with E-state index in [-0.39, 0.29) is 12.3 Å². The van der Waals surface area contributed by atoms with Crippen molar-refractivity contribution in [1.29, 1.82) is 0 Å². The van der Waals surface area contributed by atoms with Crippen molar-refractivity contribution >= 4 is 51.1 Å². The minimum Gasteiger partial charge on any atom is -0.324 e. The number of aromatic nitrogens is 4. The van der Waals surface area contributed by atoms with Crippen LogP contribution in [0.3, 0.4) is 0 Å². The third-order valence-corrected chi connectivity index (χ3v) is 4.57. The summed E-state index contributed by atoms with van der Waals surface area (Å²) in [7, 11) is 0. The average molecular weight is 356 g/mol. The molecular formula is C13H11Cl2N5OS. The average Bonchev–Trinajstić information content (AvgIpc) is 3.03. The van der Waals surface area contributed by atoms with Crippen LogP contribution in [0.1, 0.15) is 17.3 Å². The van der Waals surface area contributed by atoms with Gasteiger partial charge in [-0.15, -0.1) is 10.2 Å². The molecule has 0 saturated carbocycles. The van der Waals surface area contributed by atoms with Gasteiger partial charge in [0.2, 0.25) is 10.9 Å². The molecular weight excluding hydrogens is 345 g/mol. The third kappa shape index (κ3) is 3.06. The van der Waals surface area contributed by atoms with Crippen LogP contribution >= 0.6 is 34.5 Å². The Kier molecular flexibility index (Phi) is 4.28. The summed E-state index contributed by atoms with van der Waals surface area (Å²) in [6.07, 6.45) is 0.798. The van der Waals surface area contributed by atoms with E-state index in [0.29, 0.717) is 22.2 Å². The van der Waals surface area contributed by atoms with E-state index in [0.717, 1.165) is 15.8 Å². The summed E-state index contributed by atoms with van der Waals surface area (Å²) in [4.78, 5) is 12.7. The number of fused-ring (bicyclic) bond motifs is 1. The largest absolute Gasteiger partial charge is 0.324 e. The van der Waals surface area contributed by atoms with Gasteiger partial charge in [0.1, 0.15) is 5.01 Å². The molecule has 0 aliphatic heterocycles. The Hall–Kier alpha value is -1.70. The molecule has 3 rings (SSSR count). The summed E-state index contributed by atoms with van der Waals surface area (Å²) in [6.45, 7) is 1.83. The zero-order valence-electron chi connectivity index (χ0n) is 11.5. The third-order valence-electron chi connectivity index (χ3n) is 2.98. The van der Waals surface area contributed by atoms with Gasteiger partial charge in [-0.05, 0) is 19.1 Å². The highest BCUT2D eigenvalue weighted by Crippen LogP contribution is 2.29. The lowest BCUT2D eigenvalue weighted by Crippen LogP contribution is -2.13. The van der Waals surface area contributed by atoms with Gasteiger partial charge < -0.3 is 5.32 Å². The number of hydrogen-bond acceptors (Lipinski definition) is 5. The maximum absolute atomic E-state index is 12.0. The SMILES string of the molecule is Cc1nnc2sc(CCC(=O)Nc3c(Cl)cccc3Cl)nn12. The van der Waals surface area contributed by atoms with Crippen molar-refractivity contribution in [2.45, 2.75) is 19.8 Å². The van der Waals surface area contributed by atoms with Gasteiger partial charge in [-0.3, -0.25) is 4.79 Å². The van der Waals surface area contributed by atoms with E-state index in [1.807, 2.05) is 6.92 Å². The number of benzene rings is 1. The van der Waals surface area contributed by atoms with Gasteiger partial charge in [-0.2, -0.15) is 9.61 Å². The smallest absolute Gasteiger partial charge is 0.234 e. The zero-order valence-corrected chi connectivity index (χ0v) is 13.8. The van der Waals surface area contributed by atoms with Crippen molar-refractivity contribution in [3.05, 3.63) is 39.1 Å². The summed E-state index contributed by atoms with van der Waals surface area (Å²) in [5.41, 5.74) is 0.435. The van der Waals surface area contributed by atoms with E-state index in [9.17, 15) is 4.79 Å². The summed E-state index contributed by atoms with van der Waals surface area (Å²) in [5.74, 6) is 0.558. The first-order valence-corrected chi connectivity index (χ1v) is 8.03. The van der Waals surface area contributed by atoms with Crippen molar-refractivity contribution in [3.8, 4) is 0 Å². The Labute approximate surface area is 140 Å². The molecule has 3 aromatic rings. The van der Waals surface area contributed by atoms with Crippen LogP contribution in [0.4, 0.5) is 5.69 Å². The summed E-state index contributed by atoms with van der Waals surface area (Å²) < 4.78 is 1.67. The molecule has 0 unspecified atom stereocenters. The van der Waals surface area contributed by atoms with Gasteiger partial charge in [0, 0.05) is 12.8 Å². The van der Waals surface area contributed by atoms with E-state index in [1.54, 1.807) is 22.7 Å². The summed E-state index contributed by atoms with van der Waals surface area (Å²) in [5, 5.41) is 16.7. The predicted molar refractivity (Wildman–Crippen MR) is 86.8 cm³/mol. The standard InChI is InChI=1S/C13H11Cl2N5OS/c1-7-17-18-13-20(7)19-11(22-13)6-5-10(21)16-12-8(14)3-2-4-9(12)15/h2-4H,5-6H2,1H3,(H,16,21). The van der Waals surface area contributed by atoms with Crippen molar-refractivity contribution < 1.29 is 4.79 Å². The highest BCUT2D eigenvalue weighted by molar-refractivity contribution is 7.16. The van der Waals surface area contributed by atoms with Crippen molar-refractivity contribution in [3.63, 3.8) is 0 Å². The van der Waals surface area contributed by atoms with Crippen molar-refractivity contribution in [2.24, 2.45) is 0 Å². The van der Waals surface area contributed by atoms with Crippen molar-refractivity contribution in [2.75, 3.05) is 5.32 Å². The highest BCUT2D eigenvalue weighted by atomic mass is 35.5. The number of anilines is 1. The molecule has 1 N–H and O–H groups in total. The van der Waals surface area contributed by atoms with Gasteiger partial charge >= 0.3 is 0 Å². The van der Waals surface area contributed by atoms with Crippen LogP contribution in [-0.2, 0) is 11.2 Å². The molecule has 0 atom stereocenters. The molecule has 0 saturated heterocycles. The van der Waals surface area contributed by atoms with Gasteiger partial charge in [-0.25, -0.2) is 0 Å². The molecule has 22 heavy (non-hydrogen) atoms. The molecule has 9 heteroatoms. The molecule has 114 valence electrons. The number of nitrogens with one attached hydrogen (secondary N) is 1. The number of para-hydroxylation sites is 1. The van der Waals surface area contributed by atoms with Crippen LogP contribution in [0.5, 0.6) is 0 Å². The molecule has 0 bridgehead atoms. The topological polar surface area (TPSA) is 72.2 Å². The summed E-state index contributed by atoms with van der Waals surface area (Å²) in [6, 6.07) is 5.07. The van der Waals surface area contributed by atoms with Crippen LogP contribution in [0.25, 0.3) is 4.96 Å². The number of rotatable bonds is 4. The Bertz CT molecular complexity index is 824. The second-order valence-electron chi connectivity index (χ2n) is 4.58. The van der Waals surface area contributed by atoms with Gasteiger partial charge in [0.15, 0.2) is 5.82 Å². The Morgan fingerprint density at radius 1 is 1.32 bits per heavy atom. The first-order chi connectivity index (χ1) is 10.5. The maximum Gasteiger partial charge on any atom is 0.234 e. The minimum absolute atomic E-state index is 0.169. The van der Waals surface area contributed by atoms with Crippen LogP contribution in [-0.4, -0.2) is 25.7 Å². The predicted octanol–water partition coefficient (Wildman–Crippen LogP) is 3.37. The van der Waals surface area contributed by atoms with Crippen LogP contribution in [0.2, 0.25) is 10.0 Å². The first-order valence-electron chi connectivity index (χ1n) is 6.46. The zero-order chi connectivity index (χ0) is 15.7. The number of halogens is 2. The van der Waals surface area contributed by atoms with E-state index in [4.69, 9.17) is 23.2 Å². The minimum atomic E-state index is -0.169. The molecule has 0 aliphatic carbocycles. The van der Waals surface area contributed by atoms with E-state index in [2.05, 4.69) is 20.6 Å². The van der Waals surface area contributed by atoms with Gasteiger partial charge in [0.25, 0.3) is 0 Å². The van der Waals surface area contributed by atoms with Gasteiger partial charge in [0.05, 0.1) is 15.7 Å². The lowest BCUT2D eigenvalue weighted by Gasteiger charge is -2.08. The molecule has 1 aromatic carbocycles. The lowest BCUT2D eigenvalue weighted by molar-refractivity contribution is -0.116. The molecule has 0 aliphatic rings. The van der Waals surface area contributed by atoms with E-state index >= 15 is 0 Å². The van der Waals surface area contributed by atoms with E-state index in [1.165, 1.54) is 11.3 Å². The molecule has 0 fully saturated rings.